The van der Waals surface area contributed by atoms with Gasteiger partial charge in [0.05, 0.1) is 12.2 Å². The Morgan fingerprint density at radius 2 is 2.31 bits per heavy atom. The number of rotatable bonds is 3. The molecule has 0 atom stereocenters. The van der Waals surface area contributed by atoms with Gasteiger partial charge < -0.3 is 15.6 Å². The highest BCUT2D eigenvalue weighted by Gasteiger charge is 2.04. The second-order valence-electron chi connectivity index (χ2n) is 3.60. The van der Waals surface area contributed by atoms with E-state index >= 15 is 0 Å². The van der Waals surface area contributed by atoms with E-state index in [-0.39, 0.29) is 0 Å². The number of pyridine rings is 1. The van der Waals surface area contributed by atoms with Crippen LogP contribution in [0, 0.1) is 6.92 Å². The first kappa shape index (κ1) is 10.4. The maximum atomic E-state index is 5.89. The lowest BCUT2D eigenvalue weighted by Crippen LogP contribution is -2.09. The molecule has 0 aliphatic rings. The Balaban J connectivity index is 2.11. The highest BCUT2D eigenvalue weighted by atomic mass is 15.3. The molecule has 0 aliphatic carbocycles. The quantitative estimate of drug-likeness (QED) is 0.793. The van der Waals surface area contributed by atoms with Gasteiger partial charge in [-0.2, -0.15) is 0 Å². The molecule has 0 bridgehead atoms. The Kier molecular flexibility index (Phi) is 2.72. The molecule has 16 heavy (non-hydrogen) atoms. The lowest BCUT2D eigenvalue weighted by atomic mass is 10.2. The number of nitrogens with one attached hydrogen (secondary N) is 1. The molecular weight excluding hydrogens is 204 g/mol. The summed E-state index contributed by atoms with van der Waals surface area (Å²) < 4.78 is 1.85. The van der Waals surface area contributed by atoms with E-state index < -0.39 is 0 Å². The molecule has 0 radical (unpaired) electrons. The first-order valence-electron chi connectivity index (χ1n) is 4.96. The molecule has 0 saturated carbocycles. The van der Waals surface area contributed by atoms with E-state index in [4.69, 9.17) is 5.73 Å². The maximum absolute atomic E-state index is 5.89. The van der Waals surface area contributed by atoms with Crippen LogP contribution in [-0.2, 0) is 13.6 Å². The maximum Gasteiger partial charge on any atom is 0.151 e. The topological polar surface area (TPSA) is 81.7 Å². The van der Waals surface area contributed by atoms with Crippen LogP contribution in [0.1, 0.15) is 11.4 Å². The fourth-order valence-corrected chi connectivity index (χ4v) is 1.34. The molecule has 0 aliphatic heterocycles. The first-order valence-corrected chi connectivity index (χ1v) is 4.96. The van der Waals surface area contributed by atoms with E-state index in [1.165, 1.54) is 0 Å². The molecule has 0 unspecified atom stereocenters. The molecule has 2 aromatic rings. The molecular formula is C10H14N6. The average Bonchev–Trinajstić information content (AvgIpc) is 2.67. The summed E-state index contributed by atoms with van der Waals surface area (Å²) >= 11 is 0. The zero-order valence-corrected chi connectivity index (χ0v) is 9.31. The second kappa shape index (κ2) is 4.18. The van der Waals surface area contributed by atoms with Crippen molar-refractivity contribution in [2.45, 2.75) is 13.5 Å². The number of hydrogen-bond acceptors (Lipinski definition) is 5. The van der Waals surface area contributed by atoms with Crippen molar-refractivity contribution in [1.82, 2.24) is 19.7 Å². The summed E-state index contributed by atoms with van der Waals surface area (Å²) in [4.78, 5) is 4.17. The minimum absolute atomic E-state index is 0.553. The number of hydrogen-bond donors (Lipinski definition) is 2. The zero-order valence-electron chi connectivity index (χ0n) is 9.31. The van der Waals surface area contributed by atoms with Crippen LogP contribution in [0.3, 0.4) is 0 Å². The van der Waals surface area contributed by atoms with Crippen LogP contribution in [0.15, 0.2) is 18.6 Å². The fourth-order valence-electron chi connectivity index (χ4n) is 1.34. The predicted molar refractivity (Wildman–Crippen MR) is 61.7 cm³/mol. The summed E-state index contributed by atoms with van der Waals surface area (Å²) in [6.07, 6.45) is 3.38. The van der Waals surface area contributed by atoms with Crippen LogP contribution in [0.4, 0.5) is 11.5 Å². The van der Waals surface area contributed by atoms with Gasteiger partial charge in [0, 0.05) is 13.2 Å². The number of aryl methyl sites for hydroxylation is 2. The van der Waals surface area contributed by atoms with E-state index in [0.29, 0.717) is 18.1 Å². The standard InChI is InChI=1S/C10H14N6/c1-7-3-4-12-10(9(7)11)13-5-8-15-14-6-16(8)2/h3-4,6H,5,11H2,1-2H3,(H,12,13). The largest absolute Gasteiger partial charge is 0.396 e. The lowest BCUT2D eigenvalue weighted by molar-refractivity contribution is 0.810. The summed E-state index contributed by atoms with van der Waals surface area (Å²) in [5, 5.41) is 10.9. The van der Waals surface area contributed by atoms with Crippen molar-refractivity contribution in [3.05, 3.63) is 30.0 Å². The van der Waals surface area contributed by atoms with Gasteiger partial charge in [0.2, 0.25) is 0 Å². The number of nitrogens with two attached hydrogens (primary N) is 1. The summed E-state index contributed by atoms with van der Waals surface area (Å²) in [6, 6.07) is 1.88. The van der Waals surface area contributed by atoms with Crippen molar-refractivity contribution in [1.29, 1.82) is 0 Å². The summed E-state index contributed by atoms with van der Waals surface area (Å²) in [5.41, 5.74) is 7.57. The van der Waals surface area contributed by atoms with Crippen molar-refractivity contribution < 1.29 is 0 Å². The number of anilines is 2. The van der Waals surface area contributed by atoms with E-state index in [0.717, 1.165) is 11.4 Å². The molecule has 2 heterocycles. The highest BCUT2D eigenvalue weighted by Crippen LogP contribution is 2.18. The predicted octanol–water partition coefficient (Wildman–Crippen LogP) is 0.713. The lowest BCUT2D eigenvalue weighted by Gasteiger charge is -2.09. The Hall–Kier alpha value is -2.11. The molecule has 0 amide bonds. The van der Waals surface area contributed by atoms with Crippen LogP contribution in [0.25, 0.3) is 0 Å². The van der Waals surface area contributed by atoms with Gasteiger partial charge in [-0.05, 0) is 18.6 Å². The summed E-state index contributed by atoms with van der Waals surface area (Å²) in [7, 11) is 1.89. The van der Waals surface area contributed by atoms with Gasteiger partial charge in [-0.25, -0.2) is 4.98 Å². The molecule has 6 heteroatoms. The van der Waals surface area contributed by atoms with Gasteiger partial charge in [-0.1, -0.05) is 0 Å². The normalized spacial score (nSPS) is 10.4. The van der Waals surface area contributed by atoms with Crippen molar-refractivity contribution in [3.63, 3.8) is 0 Å². The van der Waals surface area contributed by atoms with Crippen LogP contribution >= 0.6 is 0 Å². The van der Waals surface area contributed by atoms with E-state index in [1.807, 2.05) is 24.6 Å². The Morgan fingerprint density at radius 3 is 3.00 bits per heavy atom. The van der Waals surface area contributed by atoms with Crippen molar-refractivity contribution >= 4 is 11.5 Å². The van der Waals surface area contributed by atoms with Gasteiger partial charge in [0.25, 0.3) is 0 Å². The minimum atomic E-state index is 0.553. The molecule has 0 saturated heterocycles. The molecule has 6 nitrogen and oxygen atoms in total. The molecule has 3 N–H and O–H groups in total. The third-order valence-corrected chi connectivity index (χ3v) is 2.43. The van der Waals surface area contributed by atoms with E-state index in [2.05, 4.69) is 20.5 Å². The smallest absolute Gasteiger partial charge is 0.151 e. The molecule has 2 aromatic heterocycles. The molecule has 84 valence electrons. The Bertz CT molecular complexity index is 490. The Morgan fingerprint density at radius 1 is 1.50 bits per heavy atom. The van der Waals surface area contributed by atoms with Gasteiger partial charge in [-0.15, -0.1) is 10.2 Å². The number of aromatic nitrogens is 4. The molecule has 0 fully saturated rings. The van der Waals surface area contributed by atoms with Gasteiger partial charge >= 0.3 is 0 Å². The second-order valence-corrected chi connectivity index (χ2v) is 3.60. The Labute approximate surface area is 93.5 Å². The van der Waals surface area contributed by atoms with Crippen molar-refractivity contribution in [2.24, 2.45) is 7.05 Å². The SMILES string of the molecule is Cc1ccnc(NCc2nncn2C)c1N. The van der Waals surface area contributed by atoms with Gasteiger partial charge in [-0.3, -0.25) is 0 Å². The summed E-state index contributed by atoms with van der Waals surface area (Å²) in [5.74, 6) is 1.52. The van der Waals surface area contributed by atoms with E-state index in [9.17, 15) is 0 Å². The van der Waals surface area contributed by atoms with Gasteiger partial charge in [0.1, 0.15) is 12.1 Å². The molecule has 2 rings (SSSR count). The van der Waals surface area contributed by atoms with Crippen LogP contribution in [0.2, 0.25) is 0 Å². The molecule has 0 spiro atoms. The minimum Gasteiger partial charge on any atom is -0.396 e. The number of nitrogens with zero attached hydrogens (tertiary/aromatic N) is 4. The number of nitrogen functional groups attached to an aromatic ring is 1. The van der Waals surface area contributed by atoms with Crippen molar-refractivity contribution in [2.75, 3.05) is 11.1 Å². The van der Waals surface area contributed by atoms with Crippen molar-refractivity contribution in [3.8, 4) is 0 Å². The molecule has 0 aromatic carbocycles. The van der Waals surface area contributed by atoms with Crippen LogP contribution < -0.4 is 11.1 Å². The van der Waals surface area contributed by atoms with Gasteiger partial charge in [0.15, 0.2) is 5.82 Å². The van der Waals surface area contributed by atoms with Crippen LogP contribution in [0.5, 0.6) is 0 Å². The summed E-state index contributed by atoms with van der Waals surface area (Å²) in [6.45, 7) is 2.50. The first-order chi connectivity index (χ1) is 7.68. The average molecular weight is 218 g/mol. The van der Waals surface area contributed by atoms with Crippen LogP contribution in [-0.4, -0.2) is 19.7 Å². The third-order valence-electron chi connectivity index (χ3n) is 2.43. The fraction of sp³-hybridized carbons (Fsp3) is 0.300. The zero-order chi connectivity index (χ0) is 11.5. The monoisotopic (exact) mass is 218 g/mol. The van der Waals surface area contributed by atoms with E-state index in [1.54, 1.807) is 12.5 Å². The third kappa shape index (κ3) is 1.95. The highest BCUT2D eigenvalue weighted by molar-refractivity contribution is 5.64.